The van der Waals surface area contributed by atoms with Crippen LogP contribution in [0.25, 0.3) is 0 Å². The Kier molecular flexibility index (Phi) is 31.9. The summed E-state index contributed by atoms with van der Waals surface area (Å²) in [7, 11) is 0. The Bertz CT molecular complexity index is 2240. The minimum atomic E-state index is -1.23. The third-order valence-corrected chi connectivity index (χ3v) is 15.8. The van der Waals surface area contributed by atoms with E-state index in [0.717, 1.165) is 73.6 Å². The first kappa shape index (κ1) is 63.5. The van der Waals surface area contributed by atoms with E-state index < -0.39 is 42.7 Å². The lowest BCUT2D eigenvalue weighted by molar-refractivity contribution is -0.235. The van der Waals surface area contributed by atoms with Crippen molar-refractivity contribution in [3.8, 4) is 0 Å². The highest BCUT2D eigenvalue weighted by Crippen LogP contribution is 2.36. The lowest BCUT2D eigenvalue weighted by atomic mass is 9.80. The minimum absolute atomic E-state index is 0.0267. The van der Waals surface area contributed by atoms with E-state index in [1.54, 1.807) is 0 Å². The molecule has 0 unspecified atom stereocenters. The lowest BCUT2D eigenvalue weighted by Crippen LogP contribution is -2.59. The predicted molar refractivity (Wildman–Crippen MR) is 320 cm³/mol. The fraction of sp³-hybridized carbons (Fsp3) is 0.557. The van der Waals surface area contributed by atoms with Crippen molar-refractivity contribution < 1.29 is 38.7 Å². The van der Waals surface area contributed by atoms with Crippen LogP contribution in [0.4, 0.5) is 0 Å². The molecule has 6 rings (SSSR count). The number of carbonyl (C=O) groups is 1. The van der Waals surface area contributed by atoms with E-state index in [0.29, 0.717) is 52.3 Å². The summed E-state index contributed by atoms with van der Waals surface area (Å²) in [6.07, 6.45) is 21.4. The second-order valence-corrected chi connectivity index (χ2v) is 22.4. The molecule has 1 aliphatic rings. The zero-order valence-electron chi connectivity index (χ0n) is 48.1. The van der Waals surface area contributed by atoms with Crippen LogP contribution in [0, 0.1) is 5.92 Å². The highest BCUT2D eigenvalue weighted by atomic mass is 16.6. The Morgan fingerprint density at radius 2 is 0.873 bits per heavy atom. The molecule has 1 saturated carbocycles. The summed E-state index contributed by atoms with van der Waals surface area (Å²) in [6, 6.07) is 50.5. The van der Waals surface area contributed by atoms with E-state index in [-0.39, 0.29) is 18.4 Å². The van der Waals surface area contributed by atoms with Gasteiger partial charge in [0.1, 0.15) is 18.3 Å². The zero-order valence-corrected chi connectivity index (χ0v) is 48.1. The van der Waals surface area contributed by atoms with Gasteiger partial charge in [-0.15, -0.1) is 0 Å². The number of carbonyl (C=O) groups excluding carboxylic acids is 1. The van der Waals surface area contributed by atoms with Gasteiger partial charge in [-0.05, 0) is 59.9 Å². The molecule has 0 saturated heterocycles. The van der Waals surface area contributed by atoms with Crippen molar-refractivity contribution in [2.24, 2.45) is 5.92 Å². The highest BCUT2D eigenvalue weighted by molar-refractivity contribution is 5.76. The molecule has 8 atom stereocenters. The summed E-state index contributed by atoms with van der Waals surface area (Å²) >= 11 is 0. The summed E-state index contributed by atoms with van der Waals surface area (Å²) in [4.78, 5) is 13.9. The van der Waals surface area contributed by atoms with Gasteiger partial charge in [-0.1, -0.05) is 274 Å². The number of hydrogen-bond donors (Lipinski definition) is 3. The number of aryl methyl sites for hydroxylation is 1. The smallest absolute Gasteiger partial charge is 0.220 e. The Labute approximate surface area is 476 Å². The van der Waals surface area contributed by atoms with Crippen molar-refractivity contribution >= 4 is 5.91 Å². The second-order valence-electron chi connectivity index (χ2n) is 22.4. The number of aliphatic hydroxyl groups excluding tert-OH is 2. The van der Waals surface area contributed by atoms with Crippen LogP contribution in [-0.4, -0.2) is 72.0 Å². The van der Waals surface area contributed by atoms with Crippen LogP contribution in [-0.2, 0) is 61.3 Å². The van der Waals surface area contributed by atoms with Gasteiger partial charge in [0.2, 0.25) is 5.91 Å². The van der Waals surface area contributed by atoms with Gasteiger partial charge in [-0.25, -0.2) is 0 Å². The SMILES string of the molecule is CCCCCCCCCCCCCC[C@@H](O)[C@@H](O)[C@H](CO[C@H]1C[C@H](COCc2ccccc2)[C@H](OCc2ccccc2)[C@H](OCc2ccccc2)[C@H]1OCc1ccccc1)NC(=O)CCCCCCCCCCc1ccccc1. The van der Waals surface area contributed by atoms with Crippen LogP contribution in [0.3, 0.4) is 0 Å². The van der Waals surface area contributed by atoms with Crippen LogP contribution < -0.4 is 5.32 Å². The topological polar surface area (TPSA) is 116 Å². The number of unbranched alkanes of at least 4 members (excludes halogenated alkanes) is 18. The quantitative estimate of drug-likeness (QED) is 0.0331. The highest BCUT2D eigenvalue weighted by Gasteiger charge is 2.48. The van der Waals surface area contributed by atoms with Crippen LogP contribution in [0.1, 0.15) is 182 Å². The summed E-state index contributed by atoms with van der Waals surface area (Å²) in [5.41, 5.74) is 5.57. The van der Waals surface area contributed by atoms with E-state index in [4.69, 9.17) is 23.7 Å². The Morgan fingerprint density at radius 1 is 0.468 bits per heavy atom. The van der Waals surface area contributed by atoms with E-state index in [9.17, 15) is 15.0 Å². The molecule has 3 N–H and O–H groups in total. The molecule has 432 valence electrons. The molecule has 5 aromatic carbocycles. The van der Waals surface area contributed by atoms with Gasteiger partial charge < -0.3 is 39.2 Å². The Hall–Kier alpha value is -4.71. The average molecular weight is 1080 g/mol. The van der Waals surface area contributed by atoms with Crippen molar-refractivity contribution in [3.63, 3.8) is 0 Å². The fourth-order valence-electron chi connectivity index (χ4n) is 11.1. The molecule has 0 aliphatic heterocycles. The normalized spacial score (nSPS) is 18.5. The second kappa shape index (κ2) is 39.6. The molecule has 1 aliphatic carbocycles. The van der Waals surface area contributed by atoms with Gasteiger partial charge in [0.25, 0.3) is 0 Å². The minimum Gasteiger partial charge on any atom is -0.390 e. The average Bonchev–Trinajstić information content (AvgIpc) is 3.50. The van der Waals surface area contributed by atoms with Gasteiger partial charge >= 0.3 is 0 Å². The maximum absolute atomic E-state index is 13.9. The summed E-state index contributed by atoms with van der Waals surface area (Å²) < 4.78 is 34.6. The van der Waals surface area contributed by atoms with Crippen molar-refractivity contribution in [1.82, 2.24) is 5.32 Å². The van der Waals surface area contributed by atoms with Gasteiger partial charge in [-0.3, -0.25) is 4.79 Å². The molecule has 0 spiro atoms. The molecule has 0 bridgehead atoms. The van der Waals surface area contributed by atoms with E-state index in [1.807, 2.05) is 72.8 Å². The van der Waals surface area contributed by atoms with Crippen molar-refractivity contribution in [1.29, 1.82) is 0 Å². The first-order valence-corrected chi connectivity index (χ1v) is 30.9. The lowest BCUT2D eigenvalue weighted by Gasteiger charge is -2.46. The van der Waals surface area contributed by atoms with Gasteiger partial charge in [0, 0.05) is 12.3 Å². The van der Waals surface area contributed by atoms with Gasteiger partial charge in [-0.2, -0.15) is 0 Å². The number of nitrogens with one attached hydrogen (secondary N) is 1. The van der Waals surface area contributed by atoms with Crippen molar-refractivity contribution in [2.75, 3.05) is 13.2 Å². The molecule has 5 aromatic rings. The van der Waals surface area contributed by atoms with E-state index >= 15 is 0 Å². The van der Waals surface area contributed by atoms with Crippen LogP contribution in [0.2, 0.25) is 0 Å². The van der Waals surface area contributed by atoms with E-state index in [2.05, 4.69) is 91.1 Å². The molecular weight excluding hydrogens is 983 g/mol. The first-order chi connectivity index (χ1) is 39.0. The molecule has 9 nitrogen and oxygen atoms in total. The molecule has 9 heteroatoms. The molecule has 0 aromatic heterocycles. The van der Waals surface area contributed by atoms with Crippen molar-refractivity contribution in [2.45, 2.75) is 230 Å². The number of aliphatic hydroxyl groups is 2. The zero-order chi connectivity index (χ0) is 55.2. The number of benzene rings is 5. The standard InChI is InChI=1S/C70H99NO8/c1-2-3-4-5-6-7-8-9-10-14-17-35-48-64(72)67(74)63(71-66(73)49-36-18-15-12-11-13-16-24-37-57-38-25-19-26-39-57)56-76-65-50-62(55-75-51-58-40-27-20-28-41-58)68(77-52-59-42-29-21-30-43-59)70(79-54-61-46-33-23-34-47-61)69(65)78-53-60-44-31-22-32-45-60/h19-23,25-34,38-47,62-65,67-70,72,74H,2-18,24,35-37,48-56H2,1H3,(H,71,73)/t62-,63+,64-,65+,67+,68+,69+,70+/m1/s1. The number of hydrogen-bond acceptors (Lipinski definition) is 8. The van der Waals surface area contributed by atoms with Crippen LogP contribution in [0.5, 0.6) is 0 Å². The van der Waals surface area contributed by atoms with Gasteiger partial charge in [0.15, 0.2) is 0 Å². The third kappa shape index (κ3) is 25.7. The van der Waals surface area contributed by atoms with Crippen LogP contribution >= 0.6 is 0 Å². The van der Waals surface area contributed by atoms with Crippen molar-refractivity contribution in [3.05, 3.63) is 179 Å². The number of ether oxygens (including phenoxy) is 5. The maximum atomic E-state index is 13.9. The van der Waals surface area contributed by atoms with Crippen LogP contribution in [0.15, 0.2) is 152 Å². The predicted octanol–water partition coefficient (Wildman–Crippen LogP) is 15.4. The molecule has 0 heterocycles. The van der Waals surface area contributed by atoms with Gasteiger partial charge in [0.05, 0.1) is 64.0 Å². The number of rotatable bonds is 43. The number of amides is 1. The Balaban J connectivity index is 1.14. The largest absolute Gasteiger partial charge is 0.390 e. The molecule has 79 heavy (non-hydrogen) atoms. The Morgan fingerprint density at radius 3 is 1.37 bits per heavy atom. The fourth-order valence-corrected chi connectivity index (χ4v) is 11.1. The molecule has 0 radical (unpaired) electrons. The van der Waals surface area contributed by atoms with E-state index in [1.165, 1.54) is 89.0 Å². The molecular formula is C70H99NO8. The summed E-state index contributed by atoms with van der Waals surface area (Å²) in [6.45, 7) is 4.05. The maximum Gasteiger partial charge on any atom is 0.220 e. The molecule has 1 amide bonds. The monoisotopic (exact) mass is 1080 g/mol. The summed E-state index contributed by atoms with van der Waals surface area (Å²) in [5, 5.41) is 26.9. The molecule has 1 fully saturated rings. The summed E-state index contributed by atoms with van der Waals surface area (Å²) in [5.74, 6) is -0.323. The third-order valence-electron chi connectivity index (χ3n) is 15.8. The first-order valence-electron chi connectivity index (χ1n) is 30.9.